The Labute approximate surface area is 149 Å². The summed E-state index contributed by atoms with van der Waals surface area (Å²) in [5.74, 6) is 2.34. The van der Waals surface area contributed by atoms with Crippen LogP contribution in [-0.2, 0) is 0 Å². The van der Waals surface area contributed by atoms with E-state index < -0.39 is 0 Å². The molecule has 132 valence electrons. The van der Waals surface area contributed by atoms with Crippen LogP contribution in [0.5, 0.6) is 11.5 Å². The topological polar surface area (TPSA) is 38.8 Å². The average Bonchev–Trinajstić information content (AvgIpc) is 2.66. The SMILES string of the molecule is CC1CCN(C(=O)c2cccc(OCCOc3ccccc3)c2)CC1. The molecule has 0 aromatic heterocycles. The molecule has 1 heterocycles. The molecule has 1 amide bonds. The van der Waals surface area contributed by atoms with Crippen LogP contribution in [-0.4, -0.2) is 37.1 Å². The summed E-state index contributed by atoms with van der Waals surface area (Å²) in [6.07, 6.45) is 2.16. The molecule has 1 aliphatic heterocycles. The lowest BCUT2D eigenvalue weighted by molar-refractivity contribution is 0.0696. The largest absolute Gasteiger partial charge is 0.490 e. The predicted octanol–water partition coefficient (Wildman–Crippen LogP) is 4.02. The van der Waals surface area contributed by atoms with Crippen molar-refractivity contribution >= 4 is 5.91 Å². The van der Waals surface area contributed by atoms with Gasteiger partial charge in [0.15, 0.2) is 0 Å². The summed E-state index contributed by atoms with van der Waals surface area (Å²) in [6.45, 7) is 4.83. The maximum absolute atomic E-state index is 12.6. The van der Waals surface area contributed by atoms with Gasteiger partial charge in [0.2, 0.25) is 0 Å². The number of hydrogen-bond donors (Lipinski definition) is 0. The second-order valence-electron chi connectivity index (χ2n) is 6.51. The maximum Gasteiger partial charge on any atom is 0.253 e. The highest BCUT2D eigenvalue weighted by atomic mass is 16.5. The van der Waals surface area contributed by atoms with Crippen LogP contribution >= 0.6 is 0 Å². The van der Waals surface area contributed by atoms with Gasteiger partial charge in [-0.3, -0.25) is 4.79 Å². The summed E-state index contributed by atoms with van der Waals surface area (Å²) in [6, 6.07) is 17.1. The van der Waals surface area contributed by atoms with Crippen LogP contribution in [0.2, 0.25) is 0 Å². The van der Waals surface area contributed by atoms with E-state index in [1.54, 1.807) is 0 Å². The van der Waals surface area contributed by atoms with Crippen LogP contribution in [0.15, 0.2) is 54.6 Å². The first-order valence-corrected chi connectivity index (χ1v) is 8.92. The summed E-state index contributed by atoms with van der Waals surface area (Å²) >= 11 is 0. The van der Waals surface area contributed by atoms with Crippen molar-refractivity contribution in [1.82, 2.24) is 4.90 Å². The van der Waals surface area contributed by atoms with Gasteiger partial charge < -0.3 is 14.4 Å². The van der Waals surface area contributed by atoms with Crippen molar-refractivity contribution in [2.24, 2.45) is 5.92 Å². The van der Waals surface area contributed by atoms with E-state index >= 15 is 0 Å². The van der Waals surface area contributed by atoms with Crippen LogP contribution in [0.25, 0.3) is 0 Å². The van der Waals surface area contributed by atoms with E-state index in [9.17, 15) is 4.79 Å². The van der Waals surface area contributed by atoms with Gasteiger partial charge in [-0.15, -0.1) is 0 Å². The molecule has 0 radical (unpaired) electrons. The standard InChI is InChI=1S/C21H25NO3/c1-17-10-12-22(13-11-17)21(23)18-6-5-9-20(16-18)25-15-14-24-19-7-3-2-4-8-19/h2-9,16-17H,10-15H2,1H3. The van der Waals surface area contributed by atoms with Crippen LogP contribution in [0.4, 0.5) is 0 Å². The highest BCUT2D eigenvalue weighted by molar-refractivity contribution is 5.94. The number of likely N-dealkylation sites (tertiary alicyclic amines) is 1. The van der Waals surface area contributed by atoms with E-state index in [0.717, 1.165) is 31.7 Å². The van der Waals surface area contributed by atoms with Gasteiger partial charge in [0, 0.05) is 18.7 Å². The van der Waals surface area contributed by atoms with Gasteiger partial charge in [0.05, 0.1) is 0 Å². The summed E-state index contributed by atoms with van der Waals surface area (Å²) in [5.41, 5.74) is 0.691. The molecular weight excluding hydrogens is 314 g/mol. The smallest absolute Gasteiger partial charge is 0.253 e. The number of rotatable bonds is 6. The van der Waals surface area contributed by atoms with Crippen molar-refractivity contribution in [1.29, 1.82) is 0 Å². The van der Waals surface area contributed by atoms with Crippen LogP contribution in [0.3, 0.4) is 0 Å². The Morgan fingerprint density at radius 2 is 1.60 bits per heavy atom. The van der Waals surface area contributed by atoms with Gasteiger partial charge in [-0.05, 0) is 49.1 Å². The molecule has 0 saturated carbocycles. The zero-order chi connectivity index (χ0) is 17.5. The number of carbonyl (C=O) groups is 1. The molecule has 0 atom stereocenters. The number of hydrogen-bond acceptors (Lipinski definition) is 3. The van der Waals surface area contributed by atoms with Gasteiger partial charge in [-0.2, -0.15) is 0 Å². The molecule has 4 nitrogen and oxygen atoms in total. The summed E-state index contributed by atoms with van der Waals surface area (Å²) < 4.78 is 11.3. The van der Waals surface area contributed by atoms with Crippen molar-refractivity contribution in [2.45, 2.75) is 19.8 Å². The van der Waals surface area contributed by atoms with Gasteiger partial charge in [-0.25, -0.2) is 0 Å². The number of benzene rings is 2. The van der Waals surface area contributed by atoms with Gasteiger partial charge in [-0.1, -0.05) is 31.2 Å². The van der Waals surface area contributed by atoms with E-state index in [1.165, 1.54) is 0 Å². The molecular formula is C21H25NO3. The summed E-state index contributed by atoms with van der Waals surface area (Å²) in [7, 11) is 0. The second kappa shape index (κ2) is 8.56. The lowest BCUT2D eigenvalue weighted by Crippen LogP contribution is -2.37. The van der Waals surface area contributed by atoms with Crippen molar-refractivity contribution in [3.63, 3.8) is 0 Å². The third kappa shape index (κ3) is 4.99. The van der Waals surface area contributed by atoms with E-state index in [1.807, 2.05) is 59.5 Å². The van der Waals surface area contributed by atoms with Gasteiger partial charge in [0.1, 0.15) is 24.7 Å². The van der Waals surface area contributed by atoms with Crippen molar-refractivity contribution in [3.05, 3.63) is 60.2 Å². The normalized spacial score (nSPS) is 15.0. The summed E-state index contributed by atoms with van der Waals surface area (Å²) in [4.78, 5) is 14.6. The van der Waals surface area contributed by atoms with Crippen LogP contribution in [0.1, 0.15) is 30.1 Å². The van der Waals surface area contributed by atoms with Gasteiger partial charge >= 0.3 is 0 Å². The molecule has 0 N–H and O–H groups in total. The van der Waals surface area contributed by atoms with Crippen molar-refractivity contribution < 1.29 is 14.3 Å². The molecule has 0 unspecified atom stereocenters. The molecule has 2 aromatic rings. The lowest BCUT2D eigenvalue weighted by Gasteiger charge is -2.30. The Kier molecular flexibility index (Phi) is 5.94. The maximum atomic E-state index is 12.6. The highest BCUT2D eigenvalue weighted by Crippen LogP contribution is 2.20. The number of carbonyl (C=O) groups excluding carboxylic acids is 1. The Hall–Kier alpha value is -2.49. The second-order valence-corrected chi connectivity index (χ2v) is 6.51. The van der Waals surface area contributed by atoms with E-state index in [0.29, 0.717) is 30.4 Å². The van der Waals surface area contributed by atoms with Crippen molar-refractivity contribution in [3.8, 4) is 11.5 Å². The Balaban J connectivity index is 1.50. The zero-order valence-corrected chi connectivity index (χ0v) is 14.7. The molecule has 3 rings (SSSR count). The molecule has 0 bridgehead atoms. The molecule has 1 saturated heterocycles. The first kappa shape index (κ1) is 17.3. The van der Waals surface area contributed by atoms with Crippen LogP contribution in [0, 0.1) is 5.92 Å². The zero-order valence-electron chi connectivity index (χ0n) is 14.7. The lowest BCUT2D eigenvalue weighted by atomic mass is 9.98. The number of amides is 1. The average molecular weight is 339 g/mol. The van der Waals surface area contributed by atoms with E-state index in [2.05, 4.69) is 6.92 Å². The Morgan fingerprint density at radius 3 is 2.32 bits per heavy atom. The number of piperidine rings is 1. The number of ether oxygens (including phenoxy) is 2. The fraction of sp³-hybridized carbons (Fsp3) is 0.381. The quantitative estimate of drug-likeness (QED) is 0.746. The Morgan fingerprint density at radius 1 is 0.960 bits per heavy atom. The van der Waals surface area contributed by atoms with E-state index in [-0.39, 0.29) is 5.91 Å². The fourth-order valence-electron chi connectivity index (χ4n) is 2.95. The first-order valence-electron chi connectivity index (χ1n) is 8.92. The minimum Gasteiger partial charge on any atom is -0.490 e. The highest BCUT2D eigenvalue weighted by Gasteiger charge is 2.21. The van der Waals surface area contributed by atoms with Gasteiger partial charge in [0.25, 0.3) is 5.91 Å². The fourth-order valence-corrected chi connectivity index (χ4v) is 2.95. The molecule has 2 aromatic carbocycles. The predicted molar refractivity (Wildman–Crippen MR) is 98.2 cm³/mol. The molecule has 1 fully saturated rings. The number of para-hydroxylation sites is 1. The monoisotopic (exact) mass is 339 g/mol. The summed E-state index contributed by atoms with van der Waals surface area (Å²) in [5, 5.41) is 0. The Bertz CT molecular complexity index is 679. The third-order valence-corrected chi connectivity index (χ3v) is 4.52. The van der Waals surface area contributed by atoms with E-state index in [4.69, 9.17) is 9.47 Å². The minimum atomic E-state index is 0.0953. The van der Waals surface area contributed by atoms with Crippen molar-refractivity contribution in [2.75, 3.05) is 26.3 Å². The molecule has 25 heavy (non-hydrogen) atoms. The first-order chi connectivity index (χ1) is 12.2. The molecule has 0 spiro atoms. The molecule has 4 heteroatoms. The molecule has 0 aliphatic carbocycles. The third-order valence-electron chi connectivity index (χ3n) is 4.52. The minimum absolute atomic E-state index is 0.0953. The van der Waals surface area contributed by atoms with Crippen LogP contribution < -0.4 is 9.47 Å². The molecule has 1 aliphatic rings. The number of nitrogens with zero attached hydrogens (tertiary/aromatic N) is 1.